The average molecular weight is 305 g/mol. The molecule has 0 amide bonds. The molecule has 0 aliphatic carbocycles. The highest BCUT2D eigenvalue weighted by Crippen LogP contribution is 2.27. The molecular weight excluding hydrogens is 294 g/mol. The highest BCUT2D eigenvalue weighted by atomic mass is 32.1. The van der Waals surface area contributed by atoms with Gasteiger partial charge in [0.05, 0.1) is 10.7 Å². The minimum Gasteiger partial charge on any atom is -0.481 e. The van der Waals surface area contributed by atoms with E-state index >= 15 is 0 Å². The Balaban J connectivity index is 2.14. The second-order valence-corrected chi connectivity index (χ2v) is 5.01. The number of nitrogens with zero attached hydrogens (tertiary/aromatic N) is 1. The summed E-state index contributed by atoms with van der Waals surface area (Å²) in [5.41, 5.74) is 0.460. The molecule has 0 saturated heterocycles. The first-order valence-corrected chi connectivity index (χ1v) is 6.80. The Morgan fingerprint density at radius 2 is 1.80 bits per heavy atom. The van der Waals surface area contributed by atoms with E-state index in [2.05, 4.69) is 4.98 Å². The number of hydrogen-bond donors (Lipinski definition) is 0. The van der Waals surface area contributed by atoms with E-state index in [0.717, 1.165) is 17.8 Å². The lowest BCUT2D eigenvalue weighted by Crippen LogP contribution is -2.04. The third-order valence-electron chi connectivity index (χ3n) is 2.50. The van der Waals surface area contributed by atoms with Gasteiger partial charge >= 0.3 is 0 Å². The smallest absolute Gasteiger partial charge is 0.203 e. The van der Waals surface area contributed by atoms with Gasteiger partial charge in [-0.3, -0.25) is 0 Å². The number of halogens is 4. The van der Waals surface area contributed by atoms with Gasteiger partial charge in [-0.25, -0.2) is 13.8 Å². The number of rotatable bonds is 5. The molecule has 7 heteroatoms. The quantitative estimate of drug-likeness (QED) is 0.609. The number of aryl methyl sites for hydroxylation is 1. The molecule has 0 fully saturated rings. The van der Waals surface area contributed by atoms with Crippen LogP contribution in [0.5, 0.6) is 5.75 Å². The van der Waals surface area contributed by atoms with E-state index in [0.29, 0.717) is 5.69 Å². The predicted octanol–water partition coefficient (Wildman–Crippen LogP) is 4.23. The molecule has 1 aromatic carbocycles. The van der Waals surface area contributed by atoms with Crippen LogP contribution >= 0.6 is 11.3 Å². The van der Waals surface area contributed by atoms with Gasteiger partial charge in [-0.15, -0.1) is 11.3 Å². The molecule has 0 aliphatic rings. The largest absolute Gasteiger partial charge is 0.481 e. The van der Waals surface area contributed by atoms with Gasteiger partial charge in [-0.1, -0.05) is 6.92 Å². The summed E-state index contributed by atoms with van der Waals surface area (Å²) in [5, 5.41) is 2.55. The maximum atomic E-state index is 13.3. The fourth-order valence-corrected chi connectivity index (χ4v) is 2.45. The maximum absolute atomic E-state index is 13.3. The fourth-order valence-electron chi connectivity index (χ4n) is 1.57. The van der Waals surface area contributed by atoms with Gasteiger partial charge in [0.1, 0.15) is 6.61 Å². The number of ether oxygens (including phenoxy) is 1. The van der Waals surface area contributed by atoms with Gasteiger partial charge in [-0.05, 0) is 12.8 Å². The van der Waals surface area contributed by atoms with Crippen LogP contribution in [0, 0.1) is 23.3 Å². The summed E-state index contributed by atoms with van der Waals surface area (Å²) in [4.78, 5) is 4.18. The summed E-state index contributed by atoms with van der Waals surface area (Å²) < 4.78 is 57.5. The van der Waals surface area contributed by atoms with Crippen molar-refractivity contribution in [1.29, 1.82) is 0 Å². The maximum Gasteiger partial charge on any atom is 0.203 e. The van der Waals surface area contributed by atoms with Crippen molar-refractivity contribution in [3.05, 3.63) is 45.4 Å². The lowest BCUT2D eigenvalue weighted by Gasteiger charge is -2.08. The lowest BCUT2D eigenvalue weighted by molar-refractivity contribution is 0.258. The van der Waals surface area contributed by atoms with Gasteiger partial charge < -0.3 is 4.74 Å². The molecule has 0 saturated carbocycles. The van der Waals surface area contributed by atoms with Crippen molar-refractivity contribution in [1.82, 2.24) is 4.98 Å². The van der Waals surface area contributed by atoms with Crippen LogP contribution in [0.3, 0.4) is 0 Å². The minimum atomic E-state index is -1.55. The Kier molecular flexibility index (Phi) is 4.59. The third kappa shape index (κ3) is 3.09. The first-order valence-electron chi connectivity index (χ1n) is 5.92. The minimum absolute atomic E-state index is 0.139. The van der Waals surface area contributed by atoms with E-state index in [1.54, 1.807) is 5.38 Å². The summed E-state index contributed by atoms with van der Waals surface area (Å²) in [6, 6.07) is 0.139. The monoisotopic (exact) mass is 305 g/mol. The van der Waals surface area contributed by atoms with E-state index < -0.39 is 29.0 Å². The number of thiazole rings is 1. The number of hydrogen-bond acceptors (Lipinski definition) is 3. The lowest BCUT2D eigenvalue weighted by atomic mass is 10.3. The first kappa shape index (κ1) is 14.8. The van der Waals surface area contributed by atoms with Crippen molar-refractivity contribution in [3.63, 3.8) is 0 Å². The standard InChI is InChI=1S/C13H11F4NOS/c1-2-3-10-18-7(6-20-10)5-19-13-11(16)8(14)4-9(15)12(13)17/h4,6H,2-3,5H2,1H3. The molecular formula is C13H11F4NOS. The van der Waals surface area contributed by atoms with Gasteiger partial charge in [0, 0.05) is 11.4 Å². The van der Waals surface area contributed by atoms with Gasteiger partial charge in [0.25, 0.3) is 0 Å². The third-order valence-corrected chi connectivity index (χ3v) is 3.46. The zero-order chi connectivity index (χ0) is 14.7. The van der Waals surface area contributed by atoms with E-state index in [4.69, 9.17) is 4.74 Å². The first-order chi connectivity index (χ1) is 9.52. The van der Waals surface area contributed by atoms with E-state index in [1.165, 1.54) is 11.3 Å². The van der Waals surface area contributed by atoms with Crippen LogP contribution in [-0.4, -0.2) is 4.98 Å². The zero-order valence-electron chi connectivity index (χ0n) is 10.6. The molecule has 2 rings (SSSR count). The van der Waals surface area contributed by atoms with Gasteiger partial charge in [0.2, 0.25) is 11.6 Å². The topological polar surface area (TPSA) is 22.1 Å². The van der Waals surface area contributed by atoms with E-state index in [9.17, 15) is 17.6 Å². The summed E-state index contributed by atoms with van der Waals surface area (Å²) in [6.45, 7) is 1.74. The summed E-state index contributed by atoms with van der Waals surface area (Å²) in [5.74, 6) is -7.15. The second kappa shape index (κ2) is 6.21. The molecule has 0 atom stereocenters. The van der Waals surface area contributed by atoms with Crippen LogP contribution in [0.4, 0.5) is 17.6 Å². The Bertz CT molecular complexity index is 588. The Labute approximate surface area is 117 Å². The molecule has 0 aliphatic heterocycles. The zero-order valence-corrected chi connectivity index (χ0v) is 11.4. The molecule has 0 spiro atoms. The second-order valence-electron chi connectivity index (χ2n) is 4.07. The molecule has 20 heavy (non-hydrogen) atoms. The molecule has 2 nitrogen and oxygen atoms in total. The average Bonchev–Trinajstić information content (AvgIpc) is 2.85. The van der Waals surface area contributed by atoms with E-state index in [1.807, 2.05) is 6.92 Å². The molecule has 0 unspecified atom stereocenters. The van der Waals surface area contributed by atoms with Gasteiger partial charge in [-0.2, -0.15) is 8.78 Å². The van der Waals surface area contributed by atoms with Crippen LogP contribution in [0.2, 0.25) is 0 Å². The van der Waals surface area contributed by atoms with Crippen molar-refractivity contribution in [2.24, 2.45) is 0 Å². The highest BCUT2D eigenvalue weighted by Gasteiger charge is 2.20. The number of aromatic nitrogens is 1. The Hall–Kier alpha value is -1.63. The summed E-state index contributed by atoms with van der Waals surface area (Å²) in [7, 11) is 0. The SMILES string of the molecule is CCCc1nc(COc2c(F)c(F)cc(F)c2F)cs1. The van der Waals surface area contributed by atoms with Crippen molar-refractivity contribution >= 4 is 11.3 Å². The molecule has 1 heterocycles. The molecule has 0 radical (unpaired) electrons. The molecule has 0 bridgehead atoms. The van der Waals surface area contributed by atoms with Crippen LogP contribution < -0.4 is 4.74 Å². The van der Waals surface area contributed by atoms with Crippen molar-refractivity contribution in [2.75, 3.05) is 0 Å². The van der Waals surface area contributed by atoms with Crippen LogP contribution in [0.25, 0.3) is 0 Å². The highest BCUT2D eigenvalue weighted by molar-refractivity contribution is 7.09. The van der Waals surface area contributed by atoms with Crippen LogP contribution in [-0.2, 0) is 13.0 Å². The molecule has 108 valence electrons. The fraction of sp³-hybridized carbons (Fsp3) is 0.308. The molecule has 0 N–H and O–H groups in total. The Morgan fingerprint density at radius 3 is 2.40 bits per heavy atom. The Morgan fingerprint density at radius 1 is 1.15 bits per heavy atom. The molecule has 1 aromatic heterocycles. The predicted molar refractivity (Wildman–Crippen MR) is 66.7 cm³/mol. The normalized spacial score (nSPS) is 10.8. The van der Waals surface area contributed by atoms with Crippen LogP contribution in [0.15, 0.2) is 11.4 Å². The van der Waals surface area contributed by atoms with Crippen LogP contribution in [0.1, 0.15) is 24.0 Å². The van der Waals surface area contributed by atoms with Crippen molar-refractivity contribution in [3.8, 4) is 5.75 Å². The van der Waals surface area contributed by atoms with Crippen molar-refractivity contribution < 1.29 is 22.3 Å². The van der Waals surface area contributed by atoms with E-state index in [-0.39, 0.29) is 12.7 Å². The summed E-state index contributed by atoms with van der Waals surface area (Å²) in [6.07, 6.45) is 1.72. The van der Waals surface area contributed by atoms with Crippen molar-refractivity contribution in [2.45, 2.75) is 26.4 Å². The van der Waals surface area contributed by atoms with Gasteiger partial charge in [0.15, 0.2) is 17.4 Å². The summed E-state index contributed by atoms with van der Waals surface area (Å²) >= 11 is 1.40. The number of benzene rings is 1. The molecule has 2 aromatic rings.